The zero-order chi connectivity index (χ0) is 13.1. The number of rotatable bonds is 3. The Morgan fingerprint density at radius 3 is 2.61 bits per heavy atom. The smallest absolute Gasteiger partial charge is 0.156 e. The van der Waals surface area contributed by atoms with Crippen molar-refractivity contribution < 1.29 is 4.74 Å². The van der Waals surface area contributed by atoms with Gasteiger partial charge < -0.3 is 10.1 Å². The largest absolute Gasteiger partial charge is 0.496 e. The van der Waals surface area contributed by atoms with Crippen LogP contribution in [0.2, 0.25) is 0 Å². The molecule has 0 saturated carbocycles. The third-order valence-corrected chi connectivity index (χ3v) is 2.64. The lowest BCUT2D eigenvalue weighted by molar-refractivity contribution is 0.416. The molecule has 0 spiro atoms. The van der Waals surface area contributed by atoms with Gasteiger partial charge in [0.05, 0.1) is 7.11 Å². The van der Waals surface area contributed by atoms with Gasteiger partial charge in [0, 0.05) is 12.6 Å². The van der Waals surface area contributed by atoms with Gasteiger partial charge >= 0.3 is 0 Å². The number of ether oxygens (including phenoxy) is 1. The second-order valence-electron chi connectivity index (χ2n) is 4.01. The van der Waals surface area contributed by atoms with Crippen molar-refractivity contribution in [2.75, 3.05) is 19.5 Å². The zero-order valence-electron chi connectivity index (χ0n) is 11.0. The summed E-state index contributed by atoms with van der Waals surface area (Å²) in [5, 5.41) is 11.3. The quantitative estimate of drug-likeness (QED) is 0.897. The fraction of sp³-hybridized carbons (Fsp3) is 0.308. The summed E-state index contributed by atoms with van der Waals surface area (Å²) in [5.74, 6) is 2.10. The Labute approximate surface area is 106 Å². The number of aryl methyl sites for hydroxylation is 2. The summed E-state index contributed by atoms with van der Waals surface area (Å²) >= 11 is 0. The molecular weight excluding hydrogens is 228 g/mol. The Balaban J connectivity index is 2.64. The molecule has 0 atom stereocenters. The van der Waals surface area contributed by atoms with Gasteiger partial charge in [0.15, 0.2) is 5.82 Å². The van der Waals surface area contributed by atoms with Crippen LogP contribution in [0.1, 0.15) is 11.4 Å². The fourth-order valence-corrected chi connectivity index (χ4v) is 1.77. The predicted molar refractivity (Wildman–Crippen MR) is 70.8 cm³/mol. The molecule has 1 heterocycles. The maximum absolute atomic E-state index is 5.36. The highest BCUT2D eigenvalue weighted by Gasteiger charge is 2.13. The summed E-state index contributed by atoms with van der Waals surface area (Å²) in [4.78, 5) is 4.33. The number of hydrogen-bond acceptors (Lipinski definition) is 5. The molecule has 0 amide bonds. The van der Waals surface area contributed by atoms with Crippen LogP contribution in [-0.4, -0.2) is 29.3 Å². The molecule has 1 aromatic heterocycles. The van der Waals surface area contributed by atoms with Crippen molar-refractivity contribution in [3.8, 4) is 17.0 Å². The first-order valence-electron chi connectivity index (χ1n) is 5.69. The van der Waals surface area contributed by atoms with E-state index >= 15 is 0 Å². The lowest BCUT2D eigenvalue weighted by Gasteiger charge is -2.11. The van der Waals surface area contributed by atoms with Crippen LogP contribution in [0.25, 0.3) is 11.3 Å². The number of aromatic nitrogens is 3. The monoisotopic (exact) mass is 244 g/mol. The summed E-state index contributed by atoms with van der Waals surface area (Å²) < 4.78 is 5.36. The van der Waals surface area contributed by atoms with Crippen molar-refractivity contribution >= 4 is 5.82 Å². The van der Waals surface area contributed by atoms with Crippen LogP contribution in [0.15, 0.2) is 18.2 Å². The maximum atomic E-state index is 5.36. The zero-order valence-corrected chi connectivity index (χ0v) is 11.0. The molecule has 5 heteroatoms. The summed E-state index contributed by atoms with van der Waals surface area (Å²) in [6, 6.07) is 5.93. The first-order valence-corrected chi connectivity index (χ1v) is 5.69. The summed E-state index contributed by atoms with van der Waals surface area (Å²) in [5.41, 5.74) is 2.72. The van der Waals surface area contributed by atoms with Gasteiger partial charge in [-0.1, -0.05) is 11.6 Å². The third-order valence-electron chi connectivity index (χ3n) is 2.64. The minimum atomic E-state index is 0.634. The van der Waals surface area contributed by atoms with Crippen molar-refractivity contribution in [2.45, 2.75) is 13.8 Å². The number of anilines is 1. The SMILES string of the molecule is CNc1nc(C)nnc1-c1cc(C)ccc1OC. The van der Waals surface area contributed by atoms with Crippen molar-refractivity contribution in [3.63, 3.8) is 0 Å². The van der Waals surface area contributed by atoms with Gasteiger partial charge in [0.1, 0.15) is 17.3 Å². The highest BCUT2D eigenvalue weighted by molar-refractivity contribution is 5.76. The molecule has 1 N–H and O–H groups in total. The maximum Gasteiger partial charge on any atom is 0.156 e. The van der Waals surface area contributed by atoms with Crippen LogP contribution in [0.4, 0.5) is 5.82 Å². The Morgan fingerprint density at radius 2 is 1.94 bits per heavy atom. The minimum Gasteiger partial charge on any atom is -0.496 e. The molecule has 0 aliphatic heterocycles. The Bertz CT molecular complexity index is 569. The van der Waals surface area contributed by atoms with E-state index in [-0.39, 0.29) is 0 Å². The standard InChI is InChI=1S/C13H16N4O/c1-8-5-6-11(18-4)10(7-8)12-13(14-3)15-9(2)16-17-12/h5-7H,1-4H3,(H,14,15,16). The molecule has 0 aliphatic rings. The van der Waals surface area contributed by atoms with Gasteiger partial charge in [0.25, 0.3) is 0 Å². The number of methoxy groups -OCH3 is 1. The van der Waals surface area contributed by atoms with Crippen LogP contribution in [-0.2, 0) is 0 Å². The normalized spacial score (nSPS) is 10.2. The summed E-state index contributed by atoms with van der Waals surface area (Å²) in [7, 11) is 3.46. The van der Waals surface area contributed by atoms with Gasteiger partial charge in [-0.3, -0.25) is 0 Å². The van der Waals surface area contributed by atoms with Crippen LogP contribution in [0.5, 0.6) is 5.75 Å². The van der Waals surface area contributed by atoms with Gasteiger partial charge in [-0.25, -0.2) is 4.98 Å². The van der Waals surface area contributed by atoms with E-state index in [0.29, 0.717) is 17.3 Å². The Morgan fingerprint density at radius 1 is 1.17 bits per heavy atom. The second kappa shape index (κ2) is 5.00. The molecule has 0 radical (unpaired) electrons. The molecule has 94 valence electrons. The molecule has 0 bridgehead atoms. The highest BCUT2D eigenvalue weighted by atomic mass is 16.5. The number of hydrogen-bond donors (Lipinski definition) is 1. The van der Waals surface area contributed by atoms with E-state index in [0.717, 1.165) is 16.9 Å². The van der Waals surface area contributed by atoms with Crippen LogP contribution in [0, 0.1) is 13.8 Å². The molecule has 2 rings (SSSR count). The fourth-order valence-electron chi connectivity index (χ4n) is 1.77. The summed E-state index contributed by atoms with van der Waals surface area (Å²) in [6.07, 6.45) is 0. The molecule has 0 fully saturated rings. The van der Waals surface area contributed by atoms with Crippen LogP contribution < -0.4 is 10.1 Å². The summed E-state index contributed by atoms with van der Waals surface area (Å²) in [6.45, 7) is 3.84. The van der Waals surface area contributed by atoms with Gasteiger partial charge in [0.2, 0.25) is 0 Å². The lowest BCUT2D eigenvalue weighted by atomic mass is 10.1. The van der Waals surface area contributed by atoms with E-state index in [9.17, 15) is 0 Å². The molecule has 5 nitrogen and oxygen atoms in total. The highest BCUT2D eigenvalue weighted by Crippen LogP contribution is 2.32. The average Bonchev–Trinajstić information content (AvgIpc) is 2.38. The molecule has 0 unspecified atom stereocenters. The van der Waals surface area contributed by atoms with E-state index in [4.69, 9.17) is 4.74 Å². The van der Waals surface area contributed by atoms with E-state index in [1.165, 1.54) is 0 Å². The van der Waals surface area contributed by atoms with Crippen LogP contribution in [0.3, 0.4) is 0 Å². The van der Waals surface area contributed by atoms with E-state index in [1.807, 2.05) is 39.1 Å². The van der Waals surface area contributed by atoms with Gasteiger partial charge in [-0.2, -0.15) is 0 Å². The number of nitrogens with zero attached hydrogens (tertiary/aromatic N) is 3. The van der Waals surface area contributed by atoms with Crippen molar-refractivity contribution in [1.82, 2.24) is 15.2 Å². The van der Waals surface area contributed by atoms with E-state index < -0.39 is 0 Å². The van der Waals surface area contributed by atoms with Crippen molar-refractivity contribution in [3.05, 3.63) is 29.6 Å². The minimum absolute atomic E-state index is 0.634. The van der Waals surface area contributed by atoms with Gasteiger partial charge in [-0.15, -0.1) is 10.2 Å². The predicted octanol–water partition coefficient (Wildman–Crippen LogP) is 2.21. The second-order valence-corrected chi connectivity index (χ2v) is 4.01. The number of benzene rings is 1. The Kier molecular flexibility index (Phi) is 3.41. The first kappa shape index (κ1) is 12.3. The topological polar surface area (TPSA) is 59.9 Å². The van der Waals surface area contributed by atoms with Crippen LogP contribution >= 0.6 is 0 Å². The molecule has 2 aromatic rings. The van der Waals surface area contributed by atoms with Gasteiger partial charge in [-0.05, 0) is 26.0 Å². The molecular formula is C13H16N4O. The molecule has 0 aliphatic carbocycles. The molecule has 1 aromatic carbocycles. The van der Waals surface area contributed by atoms with E-state index in [2.05, 4.69) is 20.5 Å². The van der Waals surface area contributed by atoms with E-state index in [1.54, 1.807) is 7.11 Å². The third kappa shape index (κ3) is 2.25. The average molecular weight is 244 g/mol. The lowest BCUT2D eigenvalue weighted by Crippen LogP contribution is -2.03. The molecule has 0 saturated heterocycles. The van der Waals surface area contributed by atoms with Crippen molar-refractivity contribution in [2.24, 2.45) is 0 Å². The first-order chi connectivity index (χ1) is 8.65. The Hall–Kier alpha value is -2.17. The molecule has 18 heavy (non-hydrogen) atoms. The van der Waals surface area contributed by atoms with Crippen molar-refractivity contribution in [1.29, 1.82) is 0 Å². The number of nitrogens with one attached hydrogen (secondary N) is 1.